The predicted molar refractivity (Wildman–Crippen MR) is 110 cm³/mol. The first-order chi connectivity index (χ1) is 14.8. The van der Waals surface area contributed by atoms with Gasteiger partial charge in [-0.05, 0) is 36.4 Å². The molecule has 0 radical (unpaired) electrons. The monoisotopic (exact) mass is 447 g/mol. The van der Waals surface area contributed by atoms with Crippen LogP contribution in [0.15, 0.2) is 55.0 Å². The summed E-state index contributed by atoms with van der Waals surface area (Å²) in [6.07, 6.45) is 3.53. The summed E-state index contributed by atoms with van der Waals surface area (Å²) in [7, 11) is 0. The van der Waals surface area contributed by atoms with E-state index in [1.165, 1.54) is 42.9 Å². The summed E-state index contributed by atoms with van der Waals surface area (Å²) in [6, 6.07) is 8.36. The number of carbonyl (C=O) groups excluding carboxylic acids is 1. The lowest BCUT2D eigenvalue weighted by atomic mass is 9.63. The molecule has 0 atom stereocenters. The van der Waals surface area contributed by atoms with E-state index in [1.807, 2.05) is 0 Å². The van der Waals surface area contributed by atoms with Crippen molar-refractivity contribution >= 4 is 29.1 Å². The van der Waals surface area contributed by atoms with Gasteiger partial charge in [-0.15, -0.1) is 0 Å². The van der Waals surface area contributed by atoms with Crippen molar-refractivity contribution < 1.29 is 18.0 Å². The van der Waals surface area contributed by atoms with E-state index in [0.717, 1.165) is 0 Å². The summed E-state index contributed by atoms with van der Waals surface area (Å²) in [6.45, 7) is 0.126. The average molecular weight is 448 g/mol. The van der Waals surface area contributed by atoms with Crippen LogP contribution in [-0.2, 0) is 5.41 Å². The number of rotatable bonds is 6. The molecule has 2 heterocycles. The molecule has 1 fully saturated rings. The van der Waals surface area contributed by atoms with Gasteiger partial charge in [0.1, 0.15) is 5.82 Å². The second kappa shape index (κ2) is 8.14. The zero-order valence-electron chi connectivity index (χ0n) is 16.1. The normalized spacial score (nSPS) is 16.3. The van der Waals surface area contributed by atoms with Gasteiger partial charge >= 0.3 is 0 Å². The van der Waals surface area contributed by atoms with Crippen LogP contribution in [0.4, 0.5) is 24.8 Å². The van der Waals surface area contributed by atoms with Crippen LogP contribution in [0.2, 0.25) is 5.02 Å². The lowest BCUT2D eigenvalue weighted by Crippen LogP contribution is -2.54. The molecule has 160 valence electrons. The van der Waals surface area contributed by atoms with Crippen molar-refractivity contribution in [1.82, 2.24) is 15.0 Å². The van der Waals surface area contributed by atoms with Crippen LogP contribution >= 0.6 is 11.6 Å². The minimum atomic E-state index is -2.78. The summed E-state index contributed by atoms with van der Waals surface area (Å²) in [5.41, 5.74) is 0.0974. The van der Waals surface area contributed by atoms with Crippen molar-refractivity contribution in [2.24, 2.45) is 0 Å². The Kier molecular flexibility index (Phi) is 5.53. The number of halogens is 4. The highest BCUT2D eigenvalue weighted by molar-refractivity contribution is 6.31. The molecule has 1 saturated carbocycles. The van der Waals surface area contributed by atoms with Crippen LogP contribution < -0.4 is 10.6 Å². The Bertz CT molecular complexity index is 1080. The van der Waals surface area contributed by atoms with Gasteiger partial charge in [0.25, 0.3) is 5.91 Å². The van der Waals surface area contributed by atoms with Crippen molar-refractivity contribution in [1.29, 1.82) is 0 Å². The number of hydrogen-bond acceptors (Lipinski definition) is 5. The van der Waals surface area contributed by atoms with Gasteiger partial charge in [0.15, 0.2) is 0 Å². The highest BCUT2D eigenvalue weighted by atomic mass is 35.5. The maximum atomic E-state index is 13.7. The van der Waals surface area contributed by atoms with Gasteiger partial charge in [-0.2, -0.15) is 0 Å². The van der Waals surface area contributed by atoms with Crippen molar-refractivity contribution in [3.05, 3.63) is 77.1 Å². The Balaban J connectivity index is 1.42. The second-order valence-electron chi connectivity index (χ2n) is 7.43. The largest absolute Gasteiger partial charge is 0.353 e. The lowest BCUT2D eigenvalue weighted by Gasteiger charge is -2.47. The van der Waals surface area contributed by atoms with Crippen molar-refractivity contribution in [2.45, 2.75) is 24.2 Å². The van der Waals surface area contributed by atoms with Gasteiger partial charge in [-0.3, -0.25) is 9.78 Å². The average Bonchev–Trinajstić information content (AvgIpc) is 2.72. The Morgan fingerprint density at radius 2 is 1.74 bits per heavy atom. The van der Waals surface area contributed by atoms with Gasteiger partial charge in [0.05, 0.1) is 28.8 Å². The van der Waals surface area contributed by atoms with Gasteiger partial charge in [0, 0.05) is 36.6 Å². The van der Waals surface area contributed by atoms with E-state index < -0.39 is 23.1 Å². The van der Waals surface area contributed by atoms with E-state index >= 15 is 0 Å². The fourth-order valence-electron chi connectivity index (χ4n) is 3.63. The molecule has 4 rings (SSSR count). The molecular formula is C21H17ClF3N5O. The van der Waals surface area contributed by atoms with Crippen LogP contribution in [0.5, 0.6) is 0 Å². The van der Waals surface area contributed by atoms with Gasteiger partial charge in [-0.25, -0.2) is 23.1 Å². The Morgan fingerprint density at radius 3 is 2.35 bits per heavy atom. The van der Waals surface area contributed by atoms with Crippen molar-refractivity contribution in [3.63, 3.8) is 0 Å². The van der Waals surface area contributed by atoms with Crippen LogP contribution in [0, 0.1) is 5.82 Å². The first-order valence-corrected chi connectivity index (χ1v) is 9.76. The van der Waals surface area contributed by atoms with E-state index in [-0.39, 0.29) is 30.9 Å². The van der Waals surface area contributed by atoms with Gasteiger partial charge in [-0.1, -0.05) is 11.6 Å². The molecule has 2 N–H and O–H groups in total. The molecule has 1 amide bonds. The Labute approximate surface area is 180 Å². The van der Waals surface area contributed by atoms with Crippen LogP contribution in [0.25, 0.3) is 0 Å². The number of nitrogens with one attached hydrogen (secondary N) is 2. The van der Waals surface area contributed by atoms with Gasteiger partial charge < -0.3 is 10.6 Å². The lowest BCUT2D eigenvalue weighted by molar-refractivity contribution is -0.123. The first kappa shape index (κ1) is 21.0. The van der Waals surface area contributed by atoms with E-state index in [4.69, 9.17) is 11.6 Å². The number of aromatic nitrogens is 3. The number of anilines is 2. The number of carbonyl (C=O) groups is 1. The summed E-state index contributed by atoms with van der Waals surface area (Å²) in [5, 5.41) is 5.90. The third-order valence-electron chi connectivity index (χ3n) is 5.06. The molecular weight excluding hydrogens is 431 g/mol. The fraction of sp³-hybridized carbons (Fsp3) is 0.238. The third-order valence-corrected chi connectivity index (χ3v) is 5.36. The molecule has 1 aromatic carbocycles. The number of pyridine rings is 1. The van der Waals surface area contributed by atoms with Gasteiger partial charge in [0.2, 0.25) is 11.9 Å². The minimum Gasteiger partial charge on any atom is -0.353 e. The standard InChI is InChI=1S/C21H17ClF3N5O/c22-16-2-1-7-26-17(16)20(10-21(24,25)11-20)12-29-19-27-8-15(9-28-19)30-18(31)13-3-5-14(23)6-4-13/h1-9H,10-12H2,(H,30,31)(H,27,28,29). The molecule has 2 aromatic heterocycles. The summed E-state index contributed by atoms with van der Waals surface area (Å²) >= 11 is 6.20. The summed E-state index contributed by atoms with van der Waals surface area (Å²) in [5.74, 6) is -3.45. The van der Waals surface area contributed by atoms with Crippen LogP contribution in [0.3, 0.4) is 0 Å². The molecule has 0 unspecified atom stereocenters. The number of amides is 1. The highest BCUT2D eigenvalue weighted by Crippen LogP contribution is 2.54. The van der Waals surface area contributed by atoms with Crippen LogP contribution in [0.1, 0.15) is 28.9 Å². The SMILES string of the molecule is O=C(Nc1cnc(NCC2(c3ncccc3Cl)CC(F)(F)C2)nc1)c1ccc(F)cc1. The zero-order valence-corrected chi connectivity index (χ0v) is 16.8. The Morgan fingerprint density at radius 1 is 1.06 bits per heavy atom. The molecule has 0 aliphatic heterocycles. The van der Waals surface area contributed by atoms with E-state index in [9.17, 15) is 18.0 Å². The van der Waals surface area contributed by atoms with Crippen molar-refractivity contribution in [3.8, 4) is 0 Å². The molecule has 0 bridgehead atoms. The number of benzene rings is 1. The second-order valence-corrected chi connectivity index (χ2v) is 7.84. The number of alkyl halides is 2. The quantitative estimate of drug-likeness (QED) is 0.572. The van der Waals surface area contributed by atoms with Crippen LogP contribution in [-0.4, -0.2) is 33.3 Å². The molecule has 0 saturated heterocycles. The third kappa shape index (κ3) is 4.61. The maximum absolute atomic E-state index is 13.7. The molecule has 1 aliphatic rings. The van der Waals surface area contributed by atoms with E-state index in [1.54, 1.807) is 12.1 Å². The zero-order chi connectivity index (χ0) is 22.1. The topological polar surface area (TPSA) is 79.8 Å². The summed E-state index contributed by atoms with van der Waals surface area (Å²) < 4.78 is 40.4. The minimum absolute atomic E-state index is 0.126. The smallest absolute Gasteiger partial charge is 0.255 e. The number of nitrogens with zero attached hydrogens (tertiary/aromatic N) is 3. The fourth-order valence-corrected chi connectivity index (χ4v) is 3.95. The molecule has 10 heteroatoms. The first-order valence-electron chi connectivity index (χ1n) is 9.38. The highest BCUT2D eigenvalue weighted by Gasteiger charge is 2.58. The molecule has 3 aromatic rings. The molecule has 31 heavy (non-hydrogen) atoms. The molecule has 1 aliphatic carbocycles. The van der Waals surface area contributed by atoms with E-state index in [2.05, 4.69) is 25.6 Å². The Hall–Kier alpha value is -3.20. The molecule has 6 nitrogen and oxygen atoms in total. The maximum Gasteiger partial charge on any atom is 0.255 e. The predicted octanol–water partition coefficient (Wildman–Crippen LogP) is 4.70. The van der Waals surface area contributed by atoms with E-state index in [0.29, 0.717) is 16.4 Å². The summed E-state index contributed by atoms with van der Waals surface area (Å²) in [4.78, 5) is 24.6. The van der Waals surface area contributed by atoms with Crippen molar-refractivity contribution in [2.75, 3.05) is 17.2 Å². The number of hydrogen-bond donors (Lipinski definition) is 2. The molecule has 0 spiro atoms.